The first-order valence-corrected chi connectivity index (χ1v) is 9.18. The zero-order chi connectivity index (χ0) is 19.2. The highest BCUT2D eigenvalue weighted by Gasteiger charge is 2.08. The zero-order valence-corrected chi connectivity index (χ0v) is 16.9. The van der Waals surface area contributed by atoms with Gasteiger partial charge in [-0.2, -0.15) is 0 Å². The van der Waals surface area contributed by atoms with Gasteiger partial charge in [-0.3, -0.25) is 0 Å². The first kappa shape index (κ1) is 23.0. The van der Waals surface area contributed by atoms with Crippen LogP contribution in [-0.2, 0) is 0 Å². The molecule has 0 radical (unpaired) electrons. The number of aryl methyl sites for hydroxylation is 1. The number of unbranched alkanes of at least 4 members (excludes halogenated alkanes) is 2. The molecule has 0 fully saturated rings. The maximum absolute atomic E-state index is 4.85. The van der Waals surface area contributed by atoms with Crippen LogP contribution >= 0.6 is 0 Å². The Kier molecular flexibility index (Phi) is 12.2. The Balaban J connectivity index is 0.00000178. The molecule has 0 aliphatic rings. The van der Waals surface area contributed by atoms with E-state index >= 15 is 0 Å². The summed E-state index contributed by atoms with van der Waals surface area (Å²) in [4.78, 5) is 2.21. The van der Waals surface area contributed by atoms with Crippen LogP contribution in [-0.4, -0.2) is 20.6 Å². The second-order valence-corrected chi connectivity index (χ2v) is 6.15. The highest BCUT2D eigenvalue weighted by molar-refractivity contribution is 5.63. The Morgan fingerprint density at radius 1 is 1.24 bits per heavy atom. The SMILES string of the molecule is C=C(/C=C/c1ccc(N(C)C(=C)CCCCC)c(C)c1)NC.CCN. The van der Waals surface area contributed by atoms with Crippen molar-refractivity contribution in [3.05, 3.63) is 60.0 Å². The van der Waals surface area contributed by atoms with Gasteiger partial charge in [-0.05, 0) is 55.6 Å². The monoisotopic (exact) mass is 343 g/mol. The Morgan fingerprint density at radius 3 is 2.40 bits per heavy atom. The van der Waals surface area contributed by atoms with E-state index in [1.165, 1.54) is 41.8 Å². The minimum Gasteiger partial charge on any atom is -0.389 e. The van der Waals surface area contributed by atoms with Crippen LogP contribution in [0, 0.1) is 6.92 Å². The van der Waals surface area contributed by atoms with Gasteiger partial charge in [0, 0.05) is 31.2 Å². The van der Waals surface area contributed by atoms with Gasteiger partial charge in [0.1, 0.15) is 0 Å². The number of nitrogens with two attached hydrogens (primary N) is 1. The van der Waals surface area contributed by atoms with Crippen molar-refractivity contribution in [1.82, 2.24) is 5.32 Å². The second kappa shape index (κ2) is 13.3. The predicted molar refractivity (Wildman–Crippen MR) is 115 cm³/mol. The molecule has 0 unspecified atom stereocenters. The molecular formula is C22H37N3. The van der Waals surface area contributed by atoms with Gasteiger partial charge in [0.2, 0.25) is 0 Å². The number of hydrogen-bond donors (Lipinski definition) is 2. The van der Waals surface area contributed by atoms with E-state index in [-0.39, 0.29) is 0 Å². The highest BCUT2D eigenvalue weighted by atomic mass is 15.1. The van der Waals surface area contributed by atoms with Gasteiger partial charge >= 0.3 is 0 Å². The van der Waals surface area contributed by atoms with Crippen molar-refractivity contribution in [2.75, 3.05) is 25.5 Å². The minimum atomic E-state index is 0.750. The number of nitrogens with zero attached hydrogens (tertiary/aromatic N) is 1. The van der Waals surface area contributed by atoms with Gasteiger partial charge < -0.3 is 16.0 Å². The van der Waals surface area contributed by atoms with E-state index in [9.17, 15) is 0 Å². The van der Waals surface area contributed by atoms with Crippen molar-refractivity contribution in [2.24, 2.45) is 5.73 Å². The first-order chi connectivity index (χ1) is 11.9. The summed E-state index contributed by atoms with van der Waals surface area (Å²) >= 11 is 0. The molecule has 0 aromatic heterocycles. The molecule has 0 saturated carbocycles. The average Bonchev–Trinajstić information content (AvgIpc) is 2.60. The normalized spacial score (nSPS) is 10.2. The number of rotatable bonds is 9. The van der Waals surface area contributed by atoms with Crippen molar-refractivity contribution in [2.45, 2.75) is 46.5 Å². The van der Waals surface area contributed by atoms with E-state index in [1.807, 2.05) is 20.0 Å². The number of anilines is 1. The number of allylic oxidation sites excluding steroid dienone is 2. The molecule has 0 atom stereocenters. The van der Waals surface area contributed by atoms with Crippen LogP contribution in [0.25, 0.3) is 6.08 Å². The molecule has 0 aliphatic heterocycles. The molecule has 0 aliphatic carbocycles. The van der Waals surface area contributed by atoms with Crippen molar-refractivity contribution >= 4 is 11.8 Å². The molecule has 0 heterocycles. The summed E-state index contributed by atoms with van der Waals surface area (Å²) in [7, 11) is 3.98. The summed E-state index contributed by atoms with van der Waals surface area (Å²) in [5.74, 6) is 0. The summed E-state index contributed by atoms with van der Waals surface area (Å²) in [6.07, 6.45) is 8.85. The van der Waals surface area contributed by atoms with Gasteiger partial charge in [0.15, 0.2) is 0 Å². The van der Waals surface area contributed by atoms with Crippen LogP contribution in [0.4, 0.5) is 5.69 Å². The Hall–Kier alpha value is -2.00. The average molecular weight is 344 g/mol. The predicted octanol–water partition coefficient (Wildman–Crippen LogP) is 5.24. The number of nitrogens with one attached hydrogen (secondary N) is 1. The van der Waals surface area contributed by atoms with E-state index in [0.717, 1.165) is 18.7 Å². The molecule has 140 valence electrons. The third-order valence-corrected chi connectivity index (χ3v) is 3.92. The Labute approximate surface area is 155 Å². The van der Waals surface area contributed by atoms with E-state index in [1.54, 1.807) is 0 Å². The Morgan fingerprint density at radius 2 is 1.88 bits per heavy atom. The molecular weight excluding hydrogens is 306 g/mol. The van der Waals surface area contributed by atoms with Crippen LogP contribution in [0.5, 0.6) is 0 Å². The summed E-state index contributed by atoms with van der Waals surface area (Å²) in [5, 5.41) is 3.02. The molecule has 1 rings (SSSR count). The Bertz CT molecular complexity index is 558. The summed E-state index contributed by atoms with van der Waals surface area (Å²) in [5.41, 5.74) is 10.6. The van der Waals surface area contributed by atoms with Gasteiger partial charge in [0.25, 0.3) is 0 Å². The largest absolute Gasteiger partial charge is 0.389 e. The van der Waals surface area contributed by atoms with E-state index < -0.39 is 0 Å². The molecule has 0 amide bonds. The second-order valence-electron chi connectivity index (χ2n) is 6.15. The fourth-order valence-corrected chi connectivity index (χ4v) is 2.36. The van der Waals surface area contributed by atoms with Crippen molar-refractivity contribution in [1.29, 1.82) is 0 Å². The highest BCUT2D eigenvalue weighted by Crippen LogP contribution is 2.25. The van der Waals surface area contributed by atoms with E-state index in [4.69, 9.17) is 5.73 Å². The molecule has 0 bridgehead atoms. The minimum absolute atomic E-state index is 0.750. The summed E-state index contributed by atoms with van der Waals surface area (Å²) in [6.45, 7) is 15.2. The van der Waals surface area contributed by atoms with Crippen molar-refractivity contribution in [3.8, 4) is 0 Å². The van der Waals surface area contributed by atoms with Gasteiger partial charge in [-0.15, -0.1) is 0 Å². The summed E-state index contributed by atoms with van der Waals surface area (Å²) in [6, 6.07) is 6.50. The van der Waals surface area contributed by atoms with Crippen LogP contribution < -0.4 is 16.0 Å². The lowest BCUT2D eigenvalue weighted by Gasteiger charge is -2.24. The van der Waals surface area contributed by atoms with Gasteiger partial charge in [-0.1, -0.05) is 52.0 Å². The third kappa shape index (κ3) is 9.16. The smallest absolute Gasteiger partial charge is 0.0435 e. The first-order valence-electron chi connectivity index (χ1n) is 9.18. The molecule has 3 heteroatoms. The maximum atomic E-state index is 4.85. The molecule has 25 heavy (non-hydrogen) atoms. The fraction of sp³-hybridized carbons (Fsp3) is 0.455. The topological polar surface area (TPSA) is 41.3 Å². The fourth-order valence-electron chi connectivity index (χ4n) is 2.36. The lowest BCUT2D eigenvalue weighted by molar-refractivity contribution is 0.704. The molecule has 3 N–H and O–H groups in total. The summed E-state index contributed by atoms with van der Waals surface area (Å²) < 4.78 is 0. The van der Waals surface area contributed by atoms with Crippen molar-refractivity contribution in [3.63, 3.8) is 0 Å². The van der Waals surface area contributed by atoms with Gasteiger partial charge in [0.05, 0.1) is 0 Å². The van der Waals surface area contributed by atoms with Crippen molar-refractivity contribution < 1.29 is 0 Å². The lowest BCUT2D eigenvalue weighted by Crippen LogP contribution is -2.16. The van der Waals surface area contributed by atoms with Crippen LogP contribution in [0.2, 0.25) is 0 Å². The lowest BCUT2D eigenvalue weighted by atomic mass is 10.1. The van der Waals surface area contributed by atoms with Gasteiger partial charge in [-0.25, -0.2) is 0 Å². The molecule has 3 nitrogen and oxygen atoms in total. The molecule has 1 aromatic rings. The standard InChI is InChI=1S/C20H30N2.C2H7N/c1-7-8-9-10-18(4)22(6)20-14-13-19(15-16(20)2)12-11-17(3)21-5;1-2-3/h11-15,21H,3-4,7-10H2,1-2,5-6H3;2-3H2,1H3/b12-11+;. The molecule has 1 aromatic carbocycles. The molecule has 0 spiro atoms. The van der Waals surface area contributed by atoms with Crippen LogP contribution in [0.3, 0.4) is 0 Å². The van der Waals surface area contributed by atoms with E-state index in [0.29, 0.717) is 0 Å². The van der Waals surface area contributed by atoms with Crippen LogP contribution in [0.15, 0.2) is 48.8 Å². The third-order valence-electron chi connectivity index (χ3n) is 3.92. The zero-order valence-electron chi connectivity index (χ0n) is 16.9. The van der Waals surface area contributed by atoms with E-state index in [2.05, 4.69) is 68.5 Å². The quantitative estimate of drug-likeness (QED) is 0.476. The van der Waals surface area contributed by atoms with Crippen LogP contribution in [0.1, 0.15) is 50.7 Å². The number of benzene rings is 1. The number of hydrogen-bond acceptors (Lipinski definition) is 3. The number of likely N-dealkylation sites (N-methyl/N-ethyl adjacent to an activating group) is 1. The maximum Gasteiger partial charge on any atom is 0.0435 e. The molecule has 0 saturated heterocycles.